The van der Waals surface area contributed by atoms with Gasteiger partial charge in [0.25, 0.3) is 0 Å². The lowest BCUT2D eigenvalue weighted by atomic mass is 9.43. The molecule has 3 heterocycles. The maximum Gasteiger partial charge on any atom is 0.321 e. The van der Waals surface area contributed by atoms with Gasteiger partial charge in [-0.2, -0.15) is 0 Å². The standard InChI is InChI=1S/C22H24N2O4/c1-4-13-11-24-17-9-15(13)22(12-25,20(26)28-3)21(10-18(24)27-2)14-7-5-6-8-16(14)23-19(17)21/h4-8,12,15,17-18H,9-11H2,1-3H3. The molecule has 5 rings (SSSR count). The summed E-state index contributed by atoms with van der Waals surface area (Å²) >= 11 is 0. The smallest absolute Gasteiger partial charge is 0.321 e. The van der Waals surface area contributed by atoms with E-state index in [0.29, 0.717) is 19.4 Å². The van der Waals surface area contributed by atoms with Crippen molar-refractivity contribution in [3.8, 4) is 0 Å². The summed E-state index contributed by atoms with van der Waals surface area (Å²) in [6, 6.07) is 7.92. The van der Waals surface area contributed by atoms with Gasteiger partial charge in [0.05, 0.1) is 24.3 Å². The van der Waals surface area contributed by atoms with E-state index in [0.717, 1.165) is 28.8 Å². The van der Waals surface area contributed by atoms with Crippen LogP contribution in [0.2, 0.25) is 0 Å². The molecule has 1 aromatic rings. The number of esters is 1. The number of hydrogen-bond donors (Lipinski definition) is 0. The third-order valence-electron chi connectivity index (χ3n) is 7.49. The minimum Gasteiger partial charge on any atom is -0.468 e. The van der Waals surface area contributed by atoms with Crippen molar-refractivity contribution in [3.05, 3.63) is 41.5 Å². The van der Waals surface area contributed by atoms with Gasteiger partial charge in [0.15, 0.2) is 0 Å². The molecule has 4 aliphatic rings. The topological polar surface area (TPSA) is 68.2 Å². The minimum atomic E-state index is -1.34. The molecule has 146 valence electrons. The van der Waals surface area contributed by atoms with Crippen molar-refractivity contribution in [1.29, 1.82) is 0 Å². The maximum atomic E-state index is 13.4. The lowest BCUT2D eigenvalue weighted by Crippen LogP contribution is -2.76. The largest absolute Gasteiger partial charge is 0.468 e. The van der Waals surface area contributed by atoms with Gasteiger partial charge in [-0.3, -0.25) is 14.7 Å². The molecule has 28 heavy (non-hydrogen) atoms. The number of carbonyl (C=O) groups excluding carboxylic acids is 2. The first-order chi connectivity index (χ1) is 13.6. The number of rotatable bonds is 3. The SMILES string of the molecule is CC=C1CN2C(OC)CC34C(=Nc5ccccc53)C2CC1C4(C=O)C(=O)OC. The van der Waals surface area contributed by atoms with E-state index in [1.54, 1.807) is 7.11 Å². The van der Waals surface area contributed by atoms with Crippen LogP contribution in [0.5, 0.6) is 0 Å². The molecule has 5 atom stereocenters. The molecule has 3 aliphatic heterocycles. The number of benzene rings is 1. The predicted molar refractivity (Wildman–Crippen MR) is 104 cm³/mol. The van der Waals surface area contributed by atoms with Crippen LogP contribution in [0.4, 0.5) is 5.69 Å². The van der Waals surface area contributed by atoms with E-state index in [4.69, 9.17) is 14.5 Å². The fourth-order valence-corrected chi connectivity index (χ4v) is 6.37. The van der Waals surface area contributed by atoms with E-state index in [1.807, 2.05) is 37.3 Å². The number of carbonyl (C=O) groups is 2. The predicted octanol–water partition coefficient (Wildman–Crippen LogP) is 2.40. The van der Waals surface area contributed by atoms with E-state index in [9.17, 15) is 9.59 Å². The van der Waals surface area contributed by atoms with Gasteiger partial charge < -0.3 is 14.3 Å². The zero-order valence-corrected chi connectivity index (χ0v) is 16.3. The first kappa shape index (κ1) is 17.8. The van der Waals surface area contributed by atoms with Crippen molar-refractivity contribution >= 4 is 23.7 Å². The first-order valence-electron chi connectivity index (χ1n) is 9.76. The van der Waals surface area contributed by atoms with Gasteiger partial charge in [0.1, 0.15) is 17.9 Å². The molecule has 0 radical (unpaired) electrons. The normalized spacial score (nSPS) is 39.3. The number of hydrogen-bond acceptors (Lipinski definition) is 6. The van der Waals surface area contributed by atoms with Gasteiger partial charge >= 0.3 is 5.97 Å². The lowest BCUT2D eigenvalue weighted by Gasteiger charge is -2.64. The van der Waals surface area contributed by atoms with Gasteiger partial charge in [-0.15, -0.1) is 0 Å². The van der Waals surface area contributed by atoms with Crippen molar-refractivity contribution in [1.82, 2.24) is 4.90 Å². The number of ether oxygens (including phenoxy) is 2. The van der Waals surface area contributed by atoms with Crippen LogP contribution in [0.1, 0.15) is 25.3 Å². The fourth-order valence-electron chi connectivity index (χ4n) is 6.37. The van der Waals surface area contributed by atoms with Crippen molar-refractivity contribution in [2.45, 2.75) is 37.5 Å². The van der Waals surface area contributed by atoms with E-state index in [2.05, 4.69) is 4.90 Å². The van der Waals surface area contributed by atoms with Crippen LogP contribution in [0, 0.1) is 11.3 Å². The highest BCUT2D eigenvalue weighted by Gasteiger charge is 2.75. The number of fused-ring (bicyclic) bond motifs is 2. The number of aliphatic imine (C=N–C) groups is 1. The summed E-state index contributed by atoms with van der Waals surface area (Å²) in [4.78, 5) is 33.7. The summed E-state index contributed by atoms with van der Waals surface area (Å²) in [7, 11) is 3.07. The van der Waals surface area contributed by atoms with Crippen LogP contribution < -0.4 is 0 Å². The van der Waals surface area contributed by atoms with Crippen molar-refractivity contribution < 1.29 is 19.1 Å². The summed E-state index contributed by atoms with van der Waals surface area (Å²) < 4.78 is 11.2. The quantitative estimate of drug-likeness (QED) is 0.349. The fraction of sp³-hybridized carbons (Fsp3) is 0.500. The Morgan fingerprint density at radius 2 is 2.11 bits per heavy atom. The minimum absolute atomic E-state index is 0.0533. The molecule has 6 nitrogen and oxygen atoms in total. The number of aldehydes is 1. The van der Waals surface area contributed by atoms with E-state index < -0.39 is 16.8 Å². The van der Waals surface area contributed by atoms with Crippen LogP contribution in [0.25, 0.3) is 0 Å². The Labute approximate surface area is 164 Å². The van der Waals surface area contributed by atoms with Crippen molar-refractivity contribution in [2.24, 2.45) is 16.3 Å². The third kappa shape index (κ3) is 1.74. The molecule has 0 amide bonds. The Hall–Kier alpha value is -2.31. The van der Waals surface area contributed by atoms with Gasteiger partial charge in [0.2, 0.25) is 0 Å². The molecule has 3 bridgehead atoms. The van der Waals surface area contributed by atoms with E-state index in [-0.39, 0.29) is 18.2 Å². The molecule has 3 fully saturated rings. The number of piperidine rings is 2. The van der Waals surface area contributed by atoms with Crippen molar-refractivity contribution in [3.63, 3.8) is 0 Å². The van der Waals surface area contributed by atoms with Gasteiger partial charge in [-0.25, -0.2) is 0 Å². The summed E-state index contributed by atoms with van der Waals surface area (Å²) in [5.74, 6) is -0.675. The highest BCUT2D eigenvalue weighted by Crippen LogP contribution is 2.66. The zero-order valence-electron chi connectivity index (χ0n) is 16.3. The van der Waals surface area contributed by atoms with Crippen LogP contribution in [-0.4, -0.2) is 55.9 Å². The van der Waals surface area contributed by atoms with E-state index in [1.165, 1.54) is 7.11 Å². The van der Waals surface area contributed by atoms with Gasteiger partial charge in [-0.05, 0) is 25.0 Å². The molecular weight excluding hydrogens is 356 g/mol. The molecule has 1 aliphatic carbocycles. The molecule has 0 spiro atoms. The monoisotopic (exact) mass is 380 g/mol. The molecule has 2 saturated heterocycles. The Morgan fingerprint density at radius 3 is 2.79 bits per heavy atom. The number of para-hydroxylation sites is 1. The van der Waals surface area contributed by atoms with Crippen LogP contribution in [0.3, 0.4) is 0 Å². The number of allylic oxidation sites excluding steroid dienone is 1. The van der Waals surface area contributed by atoms with E-state index >= 15 is 0 Å². The second-order valence-corrected chi connectivity index (χ2v) is 8.13. The van der Waals surface area contributed by atoms with Crippen molar-refractivity contribution in [2.75, 3.05) is 20.8 Å². The van der Waals surface area contributed by atoms with Gasteiger partial charge in [-0.1, -0.05) is 29.8 Å². The zero-order chi connectivity index (χ0) is 19.7. The highest BCUT2D eigenvalue weighted by atomic mass is 16.5. The first-order valence-corrected chi connectivity index (χ1v) is 9.76. The molecule has 5 unspecified atom stereocenters. The molecule has 1 saturated carbocycles. The summed E-state index contributed by atoms with van der Waals surface area (Å²) in [6.45, 7) is 2.64. The van der Waals surface area contributed by atoms with Crippen LogP contribution in [0.15, 0.2) is 40.9 Å². The average molecular weight is 380 g/mol. The number of nitrogens with zero attached hydrogens (tertiary/aromatic N) is 2. The second-order valence-electron chi connectivity index (χ2n) is 8.13. The summed E-state index contributed by atoms with van der Waals surface area (Å²) in [6.07, 6.45) is 3.88. The van der Waals surface area contributed by atoms with Gasteiger partial charge in [0, 0.05) is 31.7 Å². The van der Waals surface area contributed by atoms with Crippen LogP contribution in [-0.2, 0) is 24.5 Å². The van der Waals surface area contributed by atoms with Crippen LogP contribution >= 0.6 is 0 Å². The molecule has 6 heteroatoms. The molecule has 0 aromatic heterocycles. The Balaban J connectivity index is 1.90. The Bertz CT molecular complexity index is 938. The lowest BCUT2D eigenvalue weighted by molar-refractivity contribution is -0.176. The molecule has 1 aromatic carbocycles. The Kier molecular flexibility index (Phi) is 3.71. The number of methoxy groups -OCH3 is 2. The second kappa shape index (κ2) is 5.84. The summed E-state index contributed by atoms with van der Waals surface area (Å²) in [5.41, 5.74) is 1.63. The Morgan fingerprint density at radius 1 is 1.32 bits per heavy atom. The average Bonchev–Trinajstić information content (AvgIpc) is 3.09. The molecule has 0 N–H and O–H groups in total. The molecular formula is C22H24N2O4. The maximum absolute atomic E-state index is 13.4. The summed E-state index contributed by atoms with van der Waals surface area (Å²) in [5, 5.41) is 0. The third-order valence-corrected chi connectivity index (χ3v) is 7.49. The highest BCUT2D eigenvalue weighted by molar-refractivity contribution is 6.15.